The van der Waals surface area contributed by atoms with E-state index in [0.29, 0.717) is 23.1 Å². The van der Waals surface area contributed by atoms with Gasteiger partial charge in [-0.1, -0.05) is 17.9 Å². The number of carbonyl (C=O) groups is 1. The largest absolute Gasteiger partial charge is 0.366 e. The molecule has 1 atom stereocenters. The lowest BCUT2D eigenvalue weighted by Crippen LogP contribution is -2.23. The van der Waals surface area contributed by atoms with Crippen LogP contribution in [0, 0.1) is 35.3 Å². The average molecular weight is 528 g/mol. The van der Waals surface area contributed by atoms with Crippen molar-refractivity contribution in [1.29, 1.82) is 0 Å². The molecular weight excluding hydrogens is 500 g/mol. The summed E-state index contributed by atoms with van der Waals surface area (Å²) in [6, 6.07) is 8.21. The zero-order valence-corrected chi connectivity index (χ0v) is 21.8. The second-order valence-electron chi connectivity index (χ2n) is 9.31. The summed E-state index contributed by atoms with van der Waals surface area (Å²) in [4.78, 5) is 31.3. The SMILES string of the molecule is CN(C)CCn1ccc2c(C#CC#CCC(c3cc(F)ccc3F)c3cccn(C)c3=O)c(C(N)=O)cnc21. The first-order valence-electron chi connectivity index (χ1n) is 12.2. The summed E-state index contributed by atoms with van der Waals surface area (Å²) >= 11 is 0. The second kappa shape index (κ2) is 11.8. The van der Waals surface area contributed by atoms with Crippen LogP contribution < -0.4 is 11.3 Å². The van der Waals surface area contributed by atoms with E-state index in [1.54, 1.807) is 25.4 Å². The van der Waals surface area contributed by atoms with E-state index in [2.05, 4.69) is 28.7 Å². The van der Waals surface area contributed by atoms with Gasteiger partial charge in [-0.2, -0.15) is 0 Å². The molecule has 4 aromatic rings. The predicted octanol–water partition coefficient (Wildman–Crippen LogP) is 3.25. The first-order valence-corrected chi connectivity index (χ1v) is 12.2. The minimum Gasteiger partial charge on any atom is -0.366 e. The first kappa shape index (κ1) is 27.3. The average Bonchev–Trinajstić information content (AvgIpc) is 3.31. The molecule has 7 nitrogen and oxygen atoms in total. The van der Waals surface area contributed by atoms with Gasteiger partial charge in [0.2, 0.25) is 0 Å². The van der Waals surface area contributed by atoms with E-state index >= 15 is 0 Å². The van der Waals surface area contributed by atoms with Crippen LogP contribution in [0.25, 0.3) is 11.0 Å². The smallest absolute Gasteiger partial charge is 0.254 e. The van der Waals surface area contributed by atoms with E-state index in [-0.39, 0.29) is 28.7 Å². The fourth-order valence-electron chi connectivity index (χ4n) is 4.29. The number of aromatic nitrogens is 3. The van der Waals surface area contributed by atoms with Crippen LogP contribution in [-0.4, -0.2) is 45.6 Å². The van der Waals surface area contributed by atoms with Crippen LogP contribution in [0.2, 0.25) is 0 Å². The van der Waals surface area contributed by atoms with Crippen LogP contribution >= 0.6 is 0 Å². The van der Waals surface area contributed by atoms with Crippen molar-refractivity contribution in [2.75, 3.05) is 20.6 Å². The van der Waals surface area contributed by atoms with Crippen molar-refractivity contribution in [1.82, 2.24) is 19.0 Å². The number of aryl methyl sites for hydroxylation is 1. The number of nitrogens with two attached hydrogens (primary N) is 1. The summed E-state index contributed by atoms with van der Waals surface area (Å²) in [7, 11) is 5.53. The molecule has 0 saturated heterocycles. The Morgan fingerprint density at radius 2 is 1.92 bits per heavy atom. The van der Waals surface area contributed by atoms with Crippen LogP contribution in [0.1, 0.15) is 39.4 Å². The maximum Gasteiger partial charge on any atom is 0.254 e. The number of amides is 1. The van der Waals surface area contributed by atoms with Crippen molar-refractivity contribution in [3.05, 3.63) is 99.2 Å². The molecule has 39 heavy (non-hydrogen) atoms. The third-order valence-corrected chi connectivity index (χ3v) is 6.35. The Morgan fingerprint density at radius 3 is 2.67 bits per heavy atom. The number of carbonyl (C=O) groups excluding carboxylic acids is 1. The van der Waals surface area contributed by atoms with Crippen LogP contribution in [0.4, 0.5) is 8.78 Å². The number of hydrogen-bond acceptors (Lipinski definition) is 4. The van der Waals surface area contributed by atoms with Gasteiger partial charge in [0.05, 0.1) is 11.1 Å². The van der Waals surface area contributed by atoms with Gasteiger partial charge in [0, 0.05) is 62.0 Å². The Labute approximate surface area is 224 Å². The van der Waals surface area contributed by atoms with Gasteiger partial charge in [-0.15, -0.1) is 0 Å². The summed E-state index contributed by atoms with van der Waals surface area (Å²) < 4.78 is 32.0. The van der Waals surface area contributed by atoms with Crippen LogP contribution in [0.5, 0.6) is 0 Å². The number of rotatable bonds is 7. The summed E-state index contributed by atoms with van der Waals surface area (Å²) in [5.74, 6) is 8.55. The molecule has 3 aromatic heterocycles. The quantitative estimate of drug-likeness (QED) is 0.374. The number of benzene rings is 1. The third kappa shape index (κ3) is 6.06. The standard InChI is InChI=1S/C30H27F2N5O2/c1-35(2)16-17-37-15-13-23-21(26(28(33)38)19-34-29(23)37)8-5-4-6-9-22(24-10-7-14-36(3)30(24)39)25-18-20(31)11-12-27(25)32/h7,10-15,18-19,22H,9,16-17H2,1-3H3,(H2,33,38). The fraction of sp³-hybridized carbons (Fsp3) is 0.233. The third-order valence-electron chi connectivity index (χ3n) is 6.35. The van der Waals surface area contributed by atoms with Gasteiger partial charge in [-0.3, -0.25) is 9.59 Å². The van der Waals surface area contributed by atoms with Crippen LogP contribution in [0.3, 0.4) is 0 Å². The predicted molar refractivity (Wildman–Crippen MR) is 146 cm³/mol. The minimum absolute atomic E-state index is 0.0175. The normalized spacial score (nSPS) is 11.5. The zero-order valence-electron chi connectivity index (χ0n) is 21.8. The van der Waals surface area contributed by atoms with Crippen LogP contribution in [-0.2, 0) is 13.6 Å². The molecule has 198 valence electrons. The molecule has 3 heterocycles. The fourth-order valence-corrected chi connectivity index (χ4v) is 4.29. The van der Waals surface area contributed by atoms with Crippen molar-refractivity contribution in [3.8, 4) is 23.7 Å². The number of nitrogens with zero attached hydrogens (tertiary/aromatic N) is 4. The highest BCUT2D eigenvalue weighted by molar-refractivity contribution is 6.00. The van der Waals surface area contributed by atoms with Crippen LogP contribution in [0.15, 0.2) is 59.8 Å². The Hall–Kier alpha value is -4.73. The van der Waals surface area contributed by atoms with Gasteiger partial charge in [-0.25, -0.2) is 13.8 Å². The molecule has 0 aliphatic rings. The topological polar surface area (TPSA) is 86.1 Å². The molecule has 4 rings (SSSR count). The van der Waals surface area contributed by atoms with Gasteiger partial charge in [-0.05, 0) is 61.8 Å². The summed E-state index contributed by atoms with van der Waals surface area (Å²) in [6.45, 7) is 1.50. The number of pyridine rings is 2. The Bertz CT molecular complexity index is 1730. The molecular formula is C30H27F2N5O2. The molecule has 0 fully saturated rings. The highest BCUT2D eigenvalue weighted by Gasteiger charge is 2.21. The lowest BCUT2D eigenvalue weighted by atomic mass is 9.89. The first-order chi connectivity index (χ1) is 18.7. The molecule has 0 spiro atoms. The zero-order chi connectivity index (χ0) is 28.1. The van der Waals surface area contributed by atoms with E-state index in [9.17, 15) is 18.4 Å². The molecule has 1 amide bonds. The maximum absolute atomic E-state index is 14.7. The van der Waals surface area contributed by atoms with Crippen molar-refractivity contribution >= 4 is 16.9 Å². The summed E-state index contributed by atoms with van der Waals surface area (Å²) in [5.41, 5.74) is 6.82. The van der Waals surface area contributed by atoms with Gasteiger partial charge in [0.15, 0.2) is 0 Å². The number of likely N-dealkylation sites (N-methyl/N-ethyl adjacent to an activating group) is 1. The highest BCUT2D eigenvalue weighted by atomic mass is 19.1. The second-order valence-corrected chi connectivity index (χ2v) is 9.31. The number of primary amides is 1. The Balaban J connectivity index is 1.70. The van der Waals surface area contributed by atoms with E-state index in [1.165, 1.54) is 10.8 Å². The molecule has 9 heteroatoms. The minimum atomic E-state index is -0.811. The molecule has 2 N–H and O–H groups in total. The molecule has 0 aliphatic heterocycles. The van der Waals surface area contributed by atoms with E-state index in [0.717, 1.165) is 24.7 Å². The Kier molecular flexibility index (Phi) is 8.24. The molecule has 1 aromatic carbocycles. The van der Waals surface area contributed by atoms with E-state index < -0.39 is 23.5 Å². The lowest BCUT2D eigenvalue weighted by Gasteiger charge is -2.16. The highest BCUT2D eigenvalue weighted by Crippen LogP contribution is 2.28. The molecule has 0 saturated carbocycles. The summed E-state index contributed by atoms with van der Waals surface area (Å²) in [5, 5.41) is 0.673. The Morgan fingerprint density at radius 1 is 1.13 bits per heavy atom. The van der Waals surface area contributed by atoms with E-state index in [4.69, 9.17) is 5.73 Å². The molecule has 0 aliphatic carbocycles. The molecule has 0 radical (unpaired) electrons. The van der Waals surface area contributed by atoms with Crippen molar-refractivity contribution in [2.45, 2.75) is 18.9 Å². The van der Waals surface area contributed by atoms with Crippen molar-refractivity contribution in [2.24, 2.45) is 12.8 Å². The van der Waals surface area contributed by atoms with Gasteiger partial charge in [0.1, 0.15) is 17.3 Å². The van der Waals surface area contributed by atoms with E-state index in [1.807, 2.05) is 35.8 Å². The van der Waals surface area contributed by atoms with Gasteiger partial charge in [0.25, 0.3) is 11.5 Å². The molecule has 1 unspecified atom stereocenters. The number of halogens is 2. The van der Waals surface area contributed by atoms with Gasteiger partial charge < -0.3 is 19.8 Å². The number of fused-ring (bicyclic) bond motifs is 1. The number of hydrogen-bond donors (Lipinski definition) is 1. The summed E-state index contributed by atoms with van der Waals surface area (Å²) in [6.07, 6.45) is 4.88. The van der Waals surface area contributed by atoms with Crippen molar-refractivity contribution < 1.29 is 13.6 Å². The molecule has 0 bridgehead atoms. The maximum atomic E-state index is 14.7. The monoisotopic (exact) mass is 527 g/mol. The lowest BCUT2D eigenvalue weighted by molar-refractivity contribution is 0.1000. The van der Waals surface area contributed by atoms with Crippen molar-refractivity contribution in [3.63, 3.8) is 0 Å². The van der Waals surface area contributed by atoms with Gasteiger partial charge >= 0.3 is 0 Å².